The van der Waals surface area contributed by atoms with E-state index in [1.165, 1.54) is 0 Å². The van der Waals surface area contributed by atoms with Gasteiger partial charge in [-0.15, -0.1) is 0 Å². The van der Waals surface area contributed by atoms with Gasteiger partial charge in [0, 0.05) is 6.61 Å². The lowest BCUT2D eigenvalue weighted by Crippen LogP contribution is -1.73. The number of rotatable bonds is 4. The molecule has 9 heavy (non-hydrogen) atoms. The highest BCUT2D eigenvalue weighted by Crippen LogP contribution is 1.81. The Kier molecular flexibility index (Phi) is 6.53. The van der Waals surface area contributed by atoms with E-state index in [-0.39, 0.29) is 6.61 Å². The molecule has 0 aromatic rings. The summed E-state index contributed by atoms with van der Waals surface area (Å²) in [5.41, 5.74) is 0. The fourth-order valence-electron chi connectivity index (χ4n) is 0.392. The molecule has 0 bridgehead atoms. The molecule has 0 saturated carbocycles. The highest BCUT2D eigenvalue weighted by atomic mass is 16.2. The van der Waals surface area contributed by atoms with E-state index in [2.05, 4.69) is 6.58 Å². The topological polar surface area (TPSA) is 20.2 Å². The average molecular weight is 124 g/mol. The van der Waals surface area contributed by atoms with Crippen molar-refractivity contribution >= 4 is 0 Å². The van der Waals surface area contributed by atoms with Gasteiger partial charge in [0.2, 0.25) is 0 Å². The van der Waals surface area contributed by atoms with Gasteiger partial charge in [-0.3, -0.25) is 0 Å². The van der Waals surface area contributed by atoms with E-state index in [1.807, 2.05) is 24.3 Å². The Labute approximate surface area is 56.0 Å². The van der Waals surface area contributed by atoms with E-state index in [0.717, 1.165) is 6.42 Å². The van der Waals surface area contributed by atoms with Crippen LogP contribution in [0.1, 0.15) is 6.42 Å². The van der Waals surface area contributed by atoms with Crippen molar-refractivity contribution < 1.29 is 5.11 Å². The van der Waals surface area contributed by atoms with E-state index >= 15 is 0 Å². The highest BCUT2D eigenvalue weighted by Gasteiger charge is 1.68. The Bertz CT molecular complexity index is 112. The van der Waals surface area contributed by atoms with Gasteiger partial charge >= 0.3 is 0 Å². The first kappa shape index (κ1) is 8.18. The normalized spacial score (nSPS) is 11.2. The summed E-state index contributed by atoms with van der Waals surface area (Å²) in [7, 11) is 0. The van der Waals surface area contributed by atoms with Gasteiger partial charge in [0.25, 0.3) is 0 Å². The van der Waals surface area contributed by atoms with Crippen molar-refractivity contribution in [1.29, 1.82) is 0 Å². The maximum Gasteiger partial charge on any atom is 0.0465 e. The van der Waals surface area contributed by atoms with Crippen molar-refractivity contribution in [3.05, 3.63) is 37.0 Å². The molecule has 1 N–H and O–H groups in total. The minimum Gasteiger partial charge on any atom is -0.396 e. The van der Waals surface area contributed by atoms with Gasteiger partial charge in [-0.2, -0.15) is 0 Å². The molecule has 0 amide bonds. The van der Waals surface area contributed by atoms with E-state index in [4.69, 9.17) is 5.11 Å². The Morgan fingerprint density at radius 1 is 1.22 bits per heavy atom. The van der Waals surface area contributed by atoms with E-state index < -0.39 is 0 Å². The average Bonchev–Trinajstić information content (AvgIpc) is 1.89. The second kappa shape index (κ2) is 7.18. The molecule has 1 heteroatoms. The van der Waals surface area contributed by atoms with Gasteiger partial charge in [0.15, 0.2) is 0 Å². The zero-order valence-corrected chi connectivity index (χ0v) is 5.46. The van der Waals surface area contributed by atoms with Gasteiger partial charge in [-0.05, 0) is 6.42 Å². The second-order valence-corrected chi connectivity index (χ2v) is 1.56. The van der Waals surface area contributed by atoms with Gasteiger partial charge < -0.3 is 5.11 Å². The van der Waals surface area contributed by atoms with Crippen LogP contribution in [0.5, 0.6) is 0 Å². The third kappa shape index (κ3) is 7.18. The molecule has 0 unspecified atom stereocenters. The van der Waals surface area contributed by atoms with Gasteiger partial charge in [-0.25, -0.2) is 0 Å². The molecule has 1 nitrogen and oxygen atoms in total. The molecule has 0 aliphatic heterocycles. The van der Waals surface area contributed by atoms with Crippen LogP contribution in [0.3, 0.4) is 0 Å². The molecule has 50 valence electrons. The molecule has 0 saturated heterocycles. The molecular weight excluding hydrogens is 112 g/mol. The summed E-state index contributed by atoms with van der Waals surface area (Å²) < 4.78 is 0. The van der Waals surface area contributed by atoms with Crippen LogP contribution in [0.4, 0.5) is 0 Å². The molecule has 0 fully saturated rings. The summed E-state index contributed by atoms with van der Waals surface area (Å²) in [5.74, 6) is 0. The van der Waals surface area contributed by atoms with Crippen LogP contribution < -0.4 is 0 Å². The van der Waals surface area contributed by atoms with Crippen molar-refractivity contribution in [2.24, 2.45) is 0 Å². The van der Waals surface area contributed by atoms with Crippen LogP contribution in [0.2, 0.25) is 0 Å². The second-order valence-electron chi connectivity index (χ2n) is 1.56. The van der Waals surface area contributed by atoms with Crippen molar-refractivity contribution in [3.63, 3.8) is 0 Å². The van der Waals surface area contributed by atoms with Gasteiger partial charge in [0.05, 0.1) is 0 Å². The lowest BCUT2D eigenvalue weighted by molar-refractivity contribution is 0.302. The molecule has 0 rings (SSSR count). The highest BCUT2D eigenvalue weighted by molar-refractivity contribution is 5.08. The smallest absolute Gasteiger partial charge is 0.0465 e. The quantitative estimate of drug-likeness (QED) is 0.565. The Morgan fingerprint density at radius 3 is 2.56 bits per heavy atom. The number of aliphatic hydroxyl groups is 1. The van der Waals surface area contributed by atoms with E-state index in [1.54, 1.807) is 6.08 Å². The summed E-state index contributed by atoms with van der Waals surface area (Å²) in [4.78, 5) is 0. The predicted molar refractivity (Wildman–Crippen MR) is 40.2 cm³/mol. The zero-order valence-electron chi connectivity index (χ0n) is 5.46. The predicted octanol–water partition coefficient (Wildman–Crippen LogP) is 1.67. The van der Waals surface area contributed by atoms with Crippen molar-refractivity contribution in [2.75, 3.05) is 6.61 Å². The molecule has 0 heterocycles. The number of aliphatic hydroxyl groups excluding tert-OH is 1. The Balaban J connectivity index is 3.23. The minimum atomic E-state index is 0.221. The van der Waals surface area contributed by atoms with Crippen LogP contribution >= 0.6 is 0 Å². The first-order chi connectivity index (χ1) is 4.41. The molecule has 0 aliphatic rings. The molecule has 0 spiro atoms. The standard InChI is InChI=1S/C8H12O/c1-2-3-4-5-6-7-8-9/h2-6,9H,1,7-8H2/b4-3-,6-5-. The first-order valence-corrected chi connectivity index (χ1v) is 2.97. The van der Waals surface area contributed by atoms with Crippen LogP contribution in [0, 0.1) is 0 Å². The molecule has 0 aromatic carbocycles. The summed E-state index contributed by atoms with van der Waals surface area (Å²) in [6, 6.07) is 0. The maximum atomic E-state index is 8.33. The third-order valence-electron chi connectivity index (χ3n) is 0.790. The van der Waals surface area contributed by atoms with E-state index in [0.29, 0.717) is 0 Å². The Morgan fingerprint density at radius 2 is 2.00 bits per heavy atom. The van der Waals surface area contributed by atoms with Gasteiger partial charge in [0.1, 0.15) is 0 Å². The Hall–Kier alpha value is -0.820. The first-order valence-electron chi connectivity index (χ1n) is 2.97. The summed E-state index contributed by atoms with van der Waals surface area (Å²) >= 11 is 0. The van der Waals surface area contributed by atoms with Crippen LogP contribution in [-0.2, 0) is 0 Å². The fraction of sp³-hybridized carbons (Fsp3) is 0.250. The van der Waals surface area contributed by atoms with Crippen LogP contribution in [-0.4, -0.2) is 11.7 Å². The summed E-state index contributed by atoms with van der Waals surface area (Å²) in [6.45, 7) is 3.73. The monoisotopic (exact) mass is 124 g/mol. The lowest BCUT2D eigenvalue weighted by Gasteiger charge is -1.78. The SMILES string of the molecule is C=C/C=C\C=C/CCO. The maximum absolute atomic E-state index is 8.33. The molecule has 0 aromatic heterocycles. The van der Waals surface area contributed by atoms with Crippen molar-refractivity contribution in [3.8, 4) is 0 Å². The van der Waals surface area contributed by atoms with Gasteiger partial charge in [-0.1, -0.05) is 37.0 Å². The third-order valence-corrected chi connectivity index (χ3v) is 0.790. The van der Waals surface area contributed by atoms with Crippen LogP contribution in [0.15, 0.2) is 37.0 Å². The zero-order chi connectivity index (χ0) is 6.95. The molecule has 0 atom stereocenters. The van der Waals surface area contributed by atoms with E-state index in [9.17, 15) is 0 Å². The largest absolute Gasteiger partial charge is 0.396 e. The number of hydrogen-bond donors (Lipinski definition) is 1. The molecule has 0 aliphatic carbocycles. The lowest BCUT2D eigenvalue weighted by atomic mass is 10.4. The summed E-state index contributed by atoms with van der Waals surface area (Å²) in [6.07, 6.45) is 9.94. The number of allylic oxidation sites excluding steroid dienone is 4. The number of hydrogen-bond acceptors (Lipinski definition) is 1. The van der Waals surface area contributed by atoms with Crippen LogP contribution in [0.25, 0.3) is 0 Å². The fourth-order valence-corrected chi connectivity index (χ4v) is 0.392. The minimum absolute atomic E-state index is 0.221. The molecular formula is C8H12O. The van der Waals surface area contributed by atoms with Crippen molar-refractivity contribution in [1.82, 2.24) is 0 Å². The van der Waals surface area contributed by atoms with Crippen molar-refractivity contribution in [2.45, 2.75) is 6.42 Å². The summed E-state index contributed by atoms with van der Waals surface area (Å²) in [5, 5.41) is 8.33. The molecule has 0 radical (unpaired) electrons.